The minimum Gasteiger partial charge on any atom is -0.334 e. The van der Waals surface area contributed by atoms with Gasteiger partial charge in [-0.1, -0.05) is 24.3 Å². The zero-order chi connectivity index (χ0) is 13.9. The van der Waals surface area contributed by atoms with Crippen LogP contribution in [0.2, 0.25) is 0 Å². The summed E-state index contributed by atoms with van der Waals surface area (Å²) < 4.78 is 22.7. The summed E-state index contributed by atoms with van der Waals surface area (Å²) in [4.78, 5) is 13.4. The Morgan fingerprint density at radius 3 is 2.42 bits per heavy atom. The van der Waals surface area contributed by atoms with Crippen LogP contribution < -0.4 is 5.32 Å². The van der Waals surface area contributed by atoms with Crippen LogP contribution in [0.15, 0.2) is 24.3 Å². The Morgan fingerprint density at radius 1 is 1.26 bits per heavy atom. The van der Waals surface area contributed by atoms with Crippen molar-refractivity contribution < 1.29 is 13.2 Å². The molecule has 1 aliphatic heterocycles. The van der Waals surface area contributed by atoms with Crippen molar-refractivity contribution in [3.8, 4) is 0 Å². The van der Waals surface area contributed by atoms with Crippen molar-refractivity contribution in [1.82, 2.24) is 10.2 Å². The molecule has 1 aliphatic rings. The molecule has 0 unspecified atom stereocenters. The molecule has 6 heteroatoms. The molecule has 1 N–H and O–H groups in total. The summed E-state index contributed by atoms with van der Waals surface area (Å²) in [5, 5.41) is 2.82. The normalized spacial score (nSPS) is 14.9. The van der Waals surface area contributed by atoms with E-state index in [1.54, 1.807) is 17.0 Å². The second-order valence-corrected chi connectivity index (χ2v) is 6.98. The summed E-state index contributed by atoms with van der Waals surface area (Å²) in [6, 6.07) is 7.20. The Hall–Kier alpha value is -1.56. The number of carbonyl (C=O) groups excluding carboxylic acids is 1. The van der Waals surface area contributed by atoms with E-state index in [4.69, 9.17) is 0 Å². The SMILES string of the molecule is CS(=O)(=O)Cc1ccccc1CNC(=O)N1CCC1. The molecule has 19 heavy (non-hydrogen) atoms. The molecule has 2 amide bonds. The third kappa shape index (κ3) is 3.96. The molecule has 0 radical (unpaired) electrons. The number of nitrogens with one attached hydrogen (secondary N) is 1. The maximum atomic E-state index is 11.7. The molecule has 0 bridgehead atoms. The summed E-state index contributed by atoms with van der Waals surface area (Å²) in [6.45, 7) is 1.97. The highest BCUT2D eigenvalue weighted by atomic mass is 32.2. The van der Waals surface area contributed by atoms with Crippen molar-refractivity contribution >= 4 is 15.9 Å². The first kappa shape index (κ1) is 13.9. The van der Waals surface area contributed by atoms with Gasteiger partial charge >= 0.3 is 6.03 Å². The highest BCUT2D eigenvalue weighted by Gasteiger charge is 2.19. The van der Waals surface area contributed by atoms with Gasteiger partial charge < -0.3 is 10.2 Å². The van der Waals surface area contributed by atoms with Crippen LogP contribution in [0.25, 0.3) is 0 Å². The van der Waals surface area contributed by atoms with Crippen LogP contribution in [0.4, 0.5) is 4.79 Å². The molecule has 0 saturated carbocycles. The number of carbonyl (C=O) groups is 1. The fourth-order valence-electron chi connectivity index (χ4n) is 1.96. The van der Waals surface area contributed by atoms with Crippen LogP contribution in [0, 0.1) is 0 Å². The van der Waals surface area contributed by atoms with Crippen LogP contribution in [-0.4, -0.2) is 38.7 Å². The number of amides is 2. The second-order valence-electron chi connectivity index (χ2n) is 4.84. The molecule has 1 fully saturated rings. The fourth-order valence-corrected chi connectivity index (χ4v) is 2.80. The third-order valence-corrected chi connectivity index (χ3v) is 3.94. The standard InChI is InChI=1S/C13H18N2O3S/c1-19(17,18)10-12-6-3-2-5-11(12)9-14-13(16)15-7-4-8-15/h2-3,5-6H,4,7-10H2,1H3,(H,14,16). The van der Waals surface area contributed by atoms with Crippen LogP contribution in [-0.2, 0) is 22.1 Å². The van der Waals surface area contributed by atoms with E-state index in [1.165, 1.54) is 6.26 Å². The summed E-state index contributed by atoms with van der Waals surface area (Å²) in [6.07, 6.45) is 2.26. The number of sulfone groups is 1. The average Bonchev–Trinajstić information content (AvgIpc) is 2.23. The van der Waals surface area contributed by atoms with Gasteiger partial charge in [-0.25, -0.2) is 13.2 Å². The van der Waals surface area contributed by atoms with Crippen molar-refractivity contribution in [3.05, 3.63) is 35.4 Å². The Balaban J connectivity index is 2.01. The first-order valence-corrected chi connectivity index (χ1v) is 8.29. The van der Waals surface area contributed by atoms with Crippen LogP contribution in [0.5, 0.6) is 0 Å². The molecule has 0 aromatic heterocycles. The van der Waals surface area contributed by atoms with Gasteiger partial charge in [0.2, 0.25) is 0 Å². The van der Waals surface area contributed by atoms with Gasteiger partial charge in [0.25, 0.3) is 0 Å². The van der Waals surface area contributed by atoms with Crippen LogP contribution in [0.3, 0.4) is 0 Å². The molecule has 5 nitrogen and oxygen atoms in total. The molecule has 1 aromatic carbocycles. The lowest BCUT2D eigenvalue weighted by Gasteiger charge is -2.30. The molecular weight excluding hydrogens is 264 g/mol. The fraction of sp³-hybridized carbons (Fsp3) is 0.462. The van der Waals surface area contributed by atoms with Gasteiger partial charge in [-0.05, 0) is 17.5 Å². The predicted molar refractivity (Wildman–Crippen MR) is 73.4 cm³/mol. The highest BCUT2D eigenvalue weighted by molar-refractivity contribution is 7.89. The predicted octanol–water partition coefficient (Wildman–Crippen LogP) is 1.15. The molecule has 1 aromatic rings. The molecule has 1 saturated heterocycles. The largest absolute Gasteiger partial charge is 0.334 e. The van der Waals surface area contributed by atoms with E-state index in [-0.39, 0.29) is 11.8 Å². The van der Waals surface area contributed by atoms with Gasteiger partial charge in [0, 0.05) is 25.9 Å². The first-order chi connectivity index (χ1) is 8.96. The highest BCUT2D eigenvalue weighted by Crippen LogP contribution is 2.13. The number of nitrogens with zero attached hydrogens (tertiary/aromatic N) is 1. The van der Waals surface area contributed by atoms with Crippen LogP contribution in [0.1, 0.15) is 17.5 Å². The van der Waals surface area contributed by atoms with E-state index in [9.17, 15) is 13.2 Å². The zero-order valence-electron chi connectivity index (χ0n) is 10.9. The molecule has 0 aliphatic carbocycles. The molecule has 0 spiro atoms. The smallest absolute Gasteiger partial charge is 0.317 e. The molecular formula is C13H18N2O3S. The zero-order valence-corrected chi connectivity index (χ0v) is 11.7. The van der Waals surface area contributed by atoms with E-state index in [0.717, 1.165) is 30.6 Å². The van der Waals surface area contributed by atoms with Crippen molar-refractivity contribution in [1.29, 1.82) is 0 Å². The second kappa shape index (κ2) is 5.61. The number of urea groups is 1. The van der Waals surface area contributed by atoms with E-state index >= 15 is 0 Å². The lowest BCUT2D eigenvalue weighted by molar-refractivity contribution is 0.167. The summed E-state index contributed by atoms with van der Waals surface area (Å²) >= 11 is 0. The van der Waals surface area contributed by atoms with E-state index in [0.29, 0.717) is 6.54 Å². The number of rotatable bonds is 4. The number of likely N-dealkylation sites (tertiary alicyclic amines) is 1. The Kier molecular flexibility index (Phi) is 4.09. The Bertz CT molecular complexity index is 565. The average molecular weight is 282 g/mol. The number of hydrogen-bond donors (Lipinski definition) is 1. The summed E-state index contributed by atoms with van der Waals surface area (Å²) in [5.74, 6) is 0.00274. The van der Waals surface area contributed by atoms with Crippen LogP contribution >= 0.6 is 0 Å². The quantitative estimate of drug-likeness (QED) is 0.900. The summed E-state index contributed by atoms with van der Waals surface area (Å²) in [7, 11) is -3.07. The first-order valence-electron chi connectivity index (χ1n) is 6.23. The lowest BCUT2D eigenvalue weighted by atomic mass is 10.1. The maximum absolute atomic E-state index is 11.7. The minimum atomic E-state index is -3.07. The van der Waals surface area contributed by atoms with Gasteiger partial charge in [0.15, 0.2) is 9.84 Å². The van der Waals surface area contributed by atoms with Crippen molar-refractivity contribution in [2.24, 2.45) is 0 Å². The summed E-state index contributed by atoms with van der Waals surface area (Å²) in [5.41, 5.74) is 1.59. The number of hydrogen-bond acceptors (Lipinski definition) is 3. The number of benzene rings is 1. The monoisotopic (exact) mass is 282 g/mol. The topological polar surface area (TPSA) is 66.5 Å². The van der Waals surface area contributed by atoms with Gasteiger partial charge in [-0.3, -0.25) is 0 Å². The van der Waals surface area contributed by atoms with E-state index < -0.39 is 9.84 Å². The maximum Gasteiger partial charge on any atom is 0.317 e. The van der Waals surface area contributed by atoms with Gasteiger partial charge in [0.1, 0.15) is 0 Å². The molecule has 2 rings (SSSR count). The molecule has 1 heterocycles. The van der Waals surface area contributed by atoms with Gasteiger partial charge in [-0.15, -0.1) is 0 Å². The lowest BCUT2D eigenvalue weighted by Crippen LogP contribution is -2.47. The van der Waals surface area contributed by atoms with Gasteiger partial charge in [0.05, 0.1) is 5.75 Å². The van der Waals surface area contributed by atoms with Crippen molar-refractivity contribution in [3.63, 3.8) is 0 Å². The van der Waals surface area contributed by atoms with Crippen molar-refractivity contribution in [2.45, 2.75) is 18.7 Å². The van der Waals surface area contributed by atoms with Crippen molar-refractivity contribution in [2.75, 3.05) is 19.3 Å². The third-order valence-electron chi connectivity index (χ3n) is 3.11. The van der Waals surface area contributed by atoms with E-state index in [2.05, 4.69) is 5.32 Å². The minimum absolute atomic E-state index is 0.00274. The van der Waals surface area contributed by atoms with E-state index in [1.807, 2.05) is 12.1 Å². The molecule has 0 atom stereocenters. The van der Waals surface area contributed by atoms with Gasteiger partial charge in [-0.2, -0.15) is 0 Å². The Labute approximate surface area is 113 Å². The Morgan fingerprint density at radius 2 is 1.89 bits per heavy atom. The molecule has 104 valence electrons.